The lowest BCUT2D eigenvalue weighted by Crippen LogP contribution is -2.16. The Balaban J connectivity index is 1.99. The Hall–Kier alpha value is -2.07. The van der Waals surface area contributed by atoms with Gasteiger partial charge >= 0.3 is 0 Å². The van der Waals surface area contributed by atoms with E-state index in [0.29, 0.717) is 18.9 Å². The summed E-state index contributed by atoms with van der Waals surface area (Å²) in [6.45, 7) is 3.15. The molecule has 3 nitrogen and oxygen atoms in total. The van der Waals surface area contributed by atoms with Crippen LogP contribution in [0.5, 0.6) is 11.5 Å². The Morgan fingerprint density at radius 1 is 1.17 bits per heavy atom. The molecule has 2 rings (SSSR count). The summed E-state index contributed by atoms with van der Waals surface area (Å²) in [4.78, 5) is 0. The van der Waals surface area contributed by atoms with Crippen LogP contribution in [-0.2, 0) is 6.42 Å². The van der Waals surface area contributed by atoms with Gasteiger partial charge in [-0.3, -0.25) is 0 Å². The largest absolute Gasteiger partial charge is 0.496 e. The Bertz CT molecular complexity index is 631. The van der Waals surface area contributed by atoms with E-state index in [0.717, 1.165) is 18.6 Å². The normalized spacial score (nSPS) is 12.0. The van der Waals surface area contributed by atoms with E-state index in [-0.39, 0.29) is 11.7 Å². The van der Waals surface area contributed by atoms with Crippen molar-refractivity contribution in [1.82, 2.24) is 0 Å². The molecule has 0 amide bonds. The summed E-state index contributed by atoms with van der Waals surface area (Å²) in [5, 5.41) is 0. The average Bonchev–Trinajstić information content (AvgIpc) is 2.58. The third kappa shape index (κ3) is 4.70. The SMILES string of the molecule is CCc1cc(C(CN)CCOc2cccc(F)c2)ccc1OC. The third-order valence-electron chi connectivity index (χ3n) is 3.97. The number of ether oxygens (including phenoxy) is 2. The molecule has 2 aromatic carbocycles. The average molecular weight is 317 g/mol. The quantitative estimate of drug-likeness (QED) is 0.803. The van der Waals surface area contributed by atoms with Gasteiger partial charge in [0.15, 0.2) is 0 Å². The van der Waals surface area contributed by atoms with Gasteiger partial charge in [0.1, 0.15) is 17.3 Å². The Kier molecular flexibility index (Phi) is 6.41. The van der Waals surface area contributed by atoms with Crippen molar-refractivity contribution >= 4 is 0 Å². The van der Waals surface area contributed by atoms with Crippen LogP contribution >= 0.6 is 0 Å². The van der Waals surface area contributed by atoms with Crippen molar-refractivity contribution in [3.8, 4) is 11.5 Å². The zero-order valence-corrected chi connectivity index (χ0v) is 13.7. The second-order valence-corrected chi connectivity index (χ2v) is 5.45. The minimum absolute atomic E-state index is 0.208. The van der Waals surface area contributed by atoms with Gasteiger partial charge in [-0.15, -0.1) is 0 Å². The van der Waals surface area contributed by atoms with Gasteiger partial charge < -0.3 is 15.2 Å². The molecule has 0 aromatic heterocycles. The summed E-state index contributed by atoms with van der Waals surface area (Å²) < 4.78 is 24.1. The van der Waals surface area contributed by atoms with E-state index in [2.05, 4.69) is 19.1 Å². The standard InChI is InChI=1S/C19H24FNO2/c1-3-14-11-15(7-8-19(14)22-2)16(13-21)9-10-23-18-6-4-5-17(20)12-18/h4-8,11-12,16H,3,9-10,13,21H2,1-2H3. The number of benzene rings is 2. The summed E-state index contributed by atoms with van der Waals surface area (Å²) in [7, 11) is 1.68. The number of methoxy groups -OCH3 is 1. The summed E-state index contributed by atoms with van der Waals surface area (Å²) in [6.07, 6.45) is 1.69. The summed E-state index contributed by atoms with van der Waals surface area (Å²) in [6, 6.07) is 12.4. The molecule has 1 unspecified atom stereocenters. The molecular weight excluding hydrogens is 293 g/mol. The number of nitrogens with two attached hydrogens (primary N) is 1. The van der Waals surface area contributed by atoms with Crippen LogP contribution < -0.4 is 15.2 Å². The van der Waals surface area contributed by atoms with Gasteiger partial charge in [-0.25, -0.2) is 4.39 Å². The predicted molar refractivity (Wildman–Crippen MR) is 90.7 cm³/mol. The van der Waals surface area contributed by atoms with Crippen molar-refractivity contribution in [2.24, 2.45) is 5.73 Å². The lowest BCUT2D eigenvalue weighted by atomic mass is 9.93. The molecule has 0 heterocycles. The number of rotatable bonds is 8. The Labute approximate surface area is 137 Å². The molecule has 0 saturated heterocycles. The monoisotopic (exact) mass is 317 g/mol. The second kappa shape index (κ2) is 8.53. The van der Waals surface area contributed by atoms with E-state index >= 15 is 0 Å². The fourth-order valence-corrected chi connectivity index (χ4v) is 2.63. The number of hydrogen-bond acceptors (Lipinski definition) is 3. The van der Waals surface area contributed by atoms with Gasteiger partial charge in [-0.05, 0) is 54.6 Å². The van der Waals surface area contributed by atoms with E-state index in [1.165, 1.54) is 23.3 Å². The third-order valence-corrected chi connectivity index (χ3v) is 3.97. The first kappa shape index (κ1) is 17.3. The van der Waals surface area contributed by atoms with E-state index in [1.54, 1.807) is 19.2 Å². The minimum atomic E-state index is -0.291. The highest BCUT2D eigenvalue weighted by atomic mass is 19.1. The number of hydrogen-bond donors (Lipinski definition) is 1. The van der Waals surface area contributed by atoms with Crippen LogP contribution in [0.15, 0.2) is 42.5 Å². The fraction of sp³-hybridized carbons (Fsp3) is 0.368. The van der Waals surface area contributed by atoms with Gasteiger partial charge in [-0.1, -0.05) is 25.1 Å². The molecule has 0 bridgehead atoms. The van der Waals surface area contributed by atoms with Crippen molar-refractivity contribution in [3.05, 3.63) is 59.4 Å². The van der Waals surface area contributed by atoms with Crippen LogP contribution in [0.25, 0.3) is 0 Å². The number of aryl methyl sites for hydroxylation is 1. The molecule has 0 spiro atoms. The van der Waals surface area contributed by atoms with Crippen LogP contribution in [0.1, 0.15) is 30.4 Å². The molecule has 2 N–H and O–H groups in total. The summed E-state index contributed by atoms with van der Waals surface area (Å²) in [5.41, 5.74) is 8.29. The van der Waals surface area contributed by atoms with Crippen molar-refractivity contribution < 1.29 is 13.9 Å². The van der Waals surface area contributed by atoms with Gasteiger partial charge in [-0.2, -0.15) is 0 Å². The lowest BCUT2D eigenvalue weighted by Gasteiger charge is -2.18. The van der Waals surface area contributed by atoms with E-state index in [4.69, 9.17) is 15.2 Å². The van der Waals surface area contributed by atoms with E-state index < -0.39 is 0 Å². The molecule has 1 atom stereocenters. The predicted octanol–water partition coefficient (Wildman–Crippen LogP) is 3.91. The zero-order chi connectivity index (χ0) is 16.7. The summed E-state index contributed by atoms with van der Waals surface area (Å²) >= 11 is 0. The molecule has 2 aromatic rings. The Morgan fingerprint density at radius 3 is 2.65 bits per heavy atom. The highest BCUT2D eigenvalue weighted by molar-refractivity contribution is 5.38. The molecule has 23 heavy (non-hydrogen) atoms. The van der Waals surface area contributed by atoms with Crippen LogP contribution in [0.3, 0.4) is 0 Å². The number of halogens is 1. The van der Waals surface area contributed by atoms with E-state index in [1.807, 2.05) is 6.07 Å². The van der Waals surface area contributed by atoms with Gasteiger partial charge in [0.25, 0.3) is 0 Å². The Morgan fingerprint density at radius 2 is 2.00 bits per heavy atom. The maximum Gasteiger partial charge on any atom is 0.126 e. The first-order chi connectivity index (χ1) is 11.2. The zero-order valence-electron chi connectivity index (χ0n) is 13.7. The van der Waals surface area contributed by atoms with E-state index in [9.17, 15) is 4.39 Å². The molecule has 124 valence electrons. The van der Waals surface area contributed by atoms with Gasteiger partial charge in [0.05, 0.1) is 13.7 Å². The molecular formula is C19H24FNO2. The topological polar surface area (TPSA) is 44.5 Å². The molecule has 4 heteroatoms. The summed E-state index contributed by atoms with van der Waals surface area (Å²) in [5.74, 6) is 1.37. The molecule has 0 aliphatic rings. The van der Waals surface area contributed by atoms with Crippen LogP contribution in [0.2, 0.25) is 0 Å². The smallest absolute Gasteiger partial charge is 0.126 e. The van der Waals surface area contributed by atoms with Crippen molar-refractivity contribution in [2.75, 3.05) is 20.3 Å². The van der Waals surface area contributed by atoms with Gasteiger partial charge in [0.2, 0.25) is 0 Å². The first-order valence-corrected chi connectivity index (χ1v) is 7.93. The molecule has 0 saturated carbocycles. The second-order valence-electron chi connectivity index (χ2n) is 5.45. The van der Waals surface area contributed by atoms with Crippen molar-refractivity contribution in [1.29, 1.82) is 0 Å². The molecule has 0 aliphatic heterocycles. The van der Waals surface area contributed by atoms with Gasteiger partial charge in [0, 0.05) is 6.07 Å². The van der Waals surface area contributed by atoms with Crippen molar-refractivity contribution in [2.45, 2.75) is 25.7 Å². The minimum Gasteiger partial charge on any atom is -0.496 e. The highest BCUT2D eigenvalue weighted by Gasteiger charge is 2.12. The maximum atomic E-state index is 13.1. The molecule has 0 radical (unpaired) electrons. The fourth-order valence-electron chi connectivity index (χ4n) is 2.63. The first-order valence-electron chi connectivity index (χ1n) is 7.93. The van der Waals surface area contributed by atoms with Crippen LogP contribution in [-0.4, -0.2) is 20.3 Å². The molecule has 0 aliphatic carbocycles. The van der Waals surface area contributed by atoms with Crippen LogP contribution in [0, 0.1) is 5.82 Å². The molecule has 0 fully saturated rings. The highest BCUT2D eigenvalue weighted by Crippen LogP contribution is 2.26. The lowest BCUT2D eigenvalue weighted by molar-refractivity contribution is 0.297. The van der Waals surface area contributed by atoms with Crippen LogP contribution in [0.4, 0.5) is 4.39 Å². The van der Waals surface area contributed by atoms with Crippen molar-refractivity contribution in [3.63, 3.8) is 0 Å². The maximum absolute atomic E-state index is 13.1.